The van der Waals surface area contributed by atoms with Gasteiger partial charge in [0.2, 0.25) is 5.91 Å². The summed E-state index contributed by atoms with van der Waals surface area (Å²) in [6.45, 7) is 7.77. The van der Waals surface area contributed by atoms with Crippen molar-refractivity contribution in [2.75, 3.05) is 25.0 Å². The van der Waals surface area contributed by atoms with Crippen LogP contribution in [0.2, 0.25) is 0 Å². The molecule has 2 aliphatic heterocycles. The molecule has 7 heteroatoms. The van der Waals surface area contributed by atoms with Crippen LogP contribution < -0.4 is 5.32 Å². The Labute approximate surface area is 201 Å². The minimum Gasteiger partial charge on any atom is -0.343 e. The van der Waals surface area contributed by atoms with Crippen molar-refractivity contribution in [1.29, 1.82) is 0 Å². The maximum atomic E-state index is 13.3. The number of benzene rings is 1. The van der Waals surface area contributed by atoms with Gasteiger partial charge < -0.3 is 15.1 Å². The van der Waals surface area contributed by atoms with Crippen molar-refractivity contribution < 1.29 is 14.4 Å². The van der Waals surface area contributed by atoms with Gasteiger partial charge in [-0.1, -0.05) is 31.2 Å². The Morgan fingerprint density at radius 2 is 1.74 bits per heavy atom. The smallest absolute Gasteiger partial charge is 0.313 e. The van der Waals surface area contributed by atoms with Gasteiger partial charge in [-0.3, -0.25) is 19.4 Å². The van der Waals surface area contributed by atoms with E-state index in [0.29, 0.717) is 24.1 Å². The van der Waals surface area contributed by atoms with Crippen molar-refractivity contribution in [3.05, 3.63) is 59.4 Å². The summed E-state index contributed by atoms with van der Waals surface area (Å²) in [6.07, 6.45) is 6.99. The van der Waals surface area contributed by atoms with Crippen molar-refractivity contribution in [3.8, 4) is 0 Å². The molecule has 0 aliphatic carbocycles. The molecule has 2 atom stereocenters. The first-order valence-corrected chi connectivity index (χ1v) is 12.2. The predicted octanol–water partition coefficient (Wildman–Crippen LogP) is 4.05. The first kappa shape index (κ1) is 23.9. The lowest BCUT2D eigenvalue weighted by atomic mass is 9.85. The summed E-state index contributed by atoms with van der Waals surface area (Å²) in [5, 5.41) is 2.72. The number of piperidine rings is 2. The first-order chi connectivity index (χ1) is 16.3. The molecular weight excluding hydrogens is 428 g/mol. The molecule has 4 rings (SSSR count). The number of nitrogens with one attached hydrogen (secondary N) is 1. The number of carbonyl (C=O) groups is 3. The lowest BCUT2D eigenvalue weighted by Gasteiger charge is -2.39. The summed E-state index contributed by atoms with van der Waals surface area (Å²) in [4.78, 5) is 45.5. The van der Waals surface area contributed by atoms with Crippen molar-refractivity contribution in [1.82, 2.24) is 14.8 Å². The lowest BCUT2D eigenvalue weighted by Crippen LogP contribution is -2.46. The summed E-state index contributed by atoms with van der Waals surface area (Å²) in [5.74, 6) is -0.248. The summed E-state index contributed by atoms with van der Waals surface area (Å²) >= 11 is 0. The van der Waals surface area contributed by atoms with E-state index >= 15 is 0 Å². The van der Waals surface area contributed by atoms with E-state index in [1.807, 2.05) is 11.8 Å². The molecule has 180 valence electrons. The summed E-state index contributed by atoms with van der Waals surface area (Å²) in [5.41, 5.74) is 3.78. The van der Waals surface area contributed by atoms with E-state index in [-0.39, 0.29) is 11.9 Å². The normalized spacial score (nSPS) is 21.3. The van der Waals surface area contributed by atoms with Crippen LogP contribution in [0.15, 0.2) is 42.7 Å². The molecule has 1 N–H and O–H groups in total. The fraction of sp³-hybridized carbons (Fsp3) is 0.481. The third-order valence-electron chi connectivity index (χ3n) is 7.11. The molecule has 3 amide bonds. The number of amides is 3. The predicted molar refractivity (Wildman–Crippen MR) is 131 cm³/mol. The molecule has 1 aromatic heterocycles. The van der Waals surface area contributed by atoms with Gasteiger partial charge in [0, 0.05) is 32.8 Å². The highest BCUT2D eigenvalue weighted by Crippen LogP contribution is 2.36. The monoisotopic (exact) mass is 462 g/mol. The zero-order valence-electron chi connectivity index (χ0n) is 20.3. The fourth-order valence-electron chi connectivity index (χ4n) is 5.21. The molecule has 0 bridgehead atoms. The van der Waals surface area contributed by atoms with Crippen LogP contribution in [0, 0.1) is 12.8 Å². The highest BCUT2D eigenvalue weighted by Gasteiger charge is 2.34. The Kier molecular flexibility index (Phi) is 7.29. The van der Waals surface area contributed by atoms with Crippen LogP contribution in [0.4, 0.5) is 5.69 Å². The second kappa shape index (κ2) is 10.4. The number of anilines is 1. The van der Waals surface area contributed by atoms with Gasteiger partial charge in [0.05, 0.1) is 17.9 Å². The second-order valence-electron chi connectivity index (χ2n) is 9.81. The number of nitrogens with zero attached hydrogens (tertiary/aromatic N) is 3. The second-order valence-corrected chi connectivity index (χ2v) is 9.81. The van der Waals surface area contributed by atoms with Gasteiger partial charge in [-0.15, -0.1) is 0 Å². The maximum absolute atomic E-state index is 13.3. The molecule has 0 saturated carbocycles. The van der Waals surface area contributed by atoms with Gasteiger partial charge in [0.25, 0.3) is 0 Å². The van der Waals surface area contributed by atoms with Gasteiger partial charge >= 0.3 is 11.8 Å². The fourth-order valence-corrected chi connectivity index (χ4v) is 5.21. The minimum atomic E-state index is -0.626. The van der Waals surface area contributed by atoms with Crippen LogP contribution in [0.1, 0.15) is 68.2 Å². The number of aryl methyl sites for hydroxylation is 1. The summed E-state index contributed by atoms with van der Waals surface area (Å²) < 4.78 is 0. The van der Waals surface area contributed by atoms with Crippen LogP contribution in [0.25, 0.3) is 0 Å². The molecule has 0 radical (unpaired) electrons. The SMILES string of the molecule is CC(=O)N1CCC(c2cccc([C@@H]3CC[C@@H](C)CN3C(=O)C(=O)Nc3cncc(C)c3)c2)CC1. The van der Waals surface area contributed by atoms with E-state index < -0.39 is 11.8 Å². The third-order valence-corrected chi connectivity index (χ3v) is 7.11. The Morgan fingerprint density at radius 1 is 1.00 bits per heavy atom. The zero-order valence-corrected chi connectivity index (χ0v) is 20.3. The molecule has 2 fully saturated rings. The van der Waals surface area contributed by atoms with Crippen LogP contribution in [-0.4, -0.2) is 52.1 Å². The van der Waals surface area contributed by atoms with Gasteiger partial charge in [-0.05, 0) is 67.2 Å². The van der Waals surface area contributed by atoms with Crippen molar-refractivity contribution in [2.45, 2.75) is 58.4 Å². The molecular formula is C27H34N4O3. The zero-order chi connectivity index (χ0) is 24.2. The topological polar surface area (TPSA) is 82.6 Å². The number of likely N-dealkylation sites (tertiary alicyclic amines) is 2. The Morgan fingerprint density at radius 3 is 2.44 bits per heavy atom. The van der Waals surface area contributed by atoms with Gasteiger partial charge in [0.1, 0.15) is 0 Å². The quantitative estimate of drug-likeness (QED) is 0.698. The number of pyridine rings is 1. The number of rotatable bonds is 3. The molecule has 3 heterocycles. The van der Waals surface area contributed by atoms with Gasteiger partial charge in [0.15, 0.2) is 0 Å². The van der Waals surface area contributed by atoms with Crippen molar-refractivity contribution in [3.63, 3.8) is 0 Å². The van der Waals surface area contributed by atoms with Crippen molar-refractivity contribution >= 4 is 23.4 Å². The molecule has 34 heavy (non-hydrogen) atoms. The average molecular weight is 463 g/mol. The standard InChI is InChI=1S/C27H34N4O3/c1-18-7-8-25(31(17-18)27(34)26(33)29-24-13-19(2)15-28-16-24)23-6-4-5-22(14-23)21-9-11-30(12-10-21)20(3)32/h4-6,13-16,18,21,25H,7-12,17H2,1-3H3,(H,29,33)/t18-,25+/m1/s1. The Bertz CT molecular complexity index is 1060. The van der Waals surface area contributed by atoms with E-state index in [4.69, 9.17) is 0 Å². The molecule has 2 aromatic rings. The molecule has 2 aliphatic rings. The number of hydrogen-bond acceptors (Lipinski definition) is 4. The number of hydrogen-bond donors (Lipinski definition) is 1. The largest absolute Gasteiger partial charge is 0.343 e. The van der Waals surface area contributed by atoms with E-state index in [1.54, 1.807) is 30.3 Å². The third kappa shape index (κ3) is 5.46. The average Bonchev–Trinajstić information content (AvgIpc) is 2.83. The first-order valence-electron chi connectivity index (χ1n) is 12.2. The van der Waals surface area contributed by atoms with Gasteiger partial charge in [-0.25, -0.2) is 0 Å². The van der Waals surface area contributed by atoms with E-state index in [1.165, 1.54) is 5.56 Å². The molecule has 7 nitrogen and oxygen atoms in total. The highest BCUT2D eigenvalue weighted by molar-refractivity contribution is 6.39. The Hall–Kier alpha value is -3.22. The number of carbonyl (C=O) groups excluding carboxylic acids is 3. The number of aromatic nitrogens is 1. The Balaban J connectivity index is 1.50. The van der Waals surface area contributed by atoms with Crippen molar-refractivity contribution in [2.24, 2.45) is 5.92 Å². The van der Waals surface area contributed by atoms with Crippen LogP contribution >= 0.6 is 0 Å². The molecule has 0 unspecified atom stereocenters. The van der Waals surface area contributed by atoms with E-state index in [0.717, 1.165) is 49.9 Å². The van der Waals surface area contributed by atoms with Gasteiger partial charge in [-0.2, -0.15) is 0 Å². The van der Waals surface area contributed by atoms with Crippen LogP contribution in [0.5, 0.6) is 0 Å². The minimum absolute atomic E-state index is 0.123. The van der Waals surface area contributed by atoms with Crippen LogP contribution in [0.3, 0.4) is 0 Å². The van der Waals surface area contributed by atoms with Crippen LogP contribution in [-0.2, 0) is 14.4 Å². The van der Waals surface area contributed by atoms with E-state index in [2.05, 4.69) is 41.5 Å². The highest BCUT2D eigenvalue weighted by atomic mass is 16.2. The molecule has 2 saturated heterocycles. The molecule has 0 spiro atoms. The summed E-state index contributed by atoms with van der Waals surface area (Å²) in [6, 6.07) is 10.2. The van der Waals surface area contributed by atoms with E-state index in [9.17, 15) is 14.4 Å². The lowest BCUT2D eigenvalue weighted by molar-refractivity contribution is -0.146. The maximum Gasteiger partial charge on any atom is 0.313 e. The molecule has 1 aromatic carbocycles. The summed E-state index contributed by atoms with van der Waals surface area (Å²) in [7, 11) is 0.